The highest BCUT2D eigenvalue weighted by atomic mass is 35.5. The molecule has 0 amide bonds. The van der Waals surface area contributed by atoms with Crippen molar-refractivity contribution in [2.45, 2.75) is 19.9 Å². The van der Waals surface area contributed by atoms with Crippen molar-refractivity contribution < 1.29 is 0 Å². The topological polar surface area (TPSA) is 24.9 Å². The van der Waals surface area contributed by atoms with Gasteiger partial charge < -0.3 is 5.32 Å². The number of aromatic nitrogens is 1. The molecule has 0 radical (unpaired) electrons. The number of fused-ring (bicyclic) bond motifs is 1. The van der Waals surface area contributed by atoms with E-state index in [1.165, 1.54) is 10.3 Å². The number of para-hydroxylation sites is 1. The van der Waals surface area contributed by atoms with Gasteiger partial charge in [0.15, 0.2) is 0 Å². The van der Waals surface area contributed by atoms with Crippen LogP contribution in [-0.4, -0.2) is 4.98 Å². The molecule has 102 valence electrons. The van der Waals surface area contributed by atoms with Gasteiger partial charge in [0, 0.05) is 0 Å². The highest BCUT2D eigenvalue weighted by Gasteiger charge is 2.12. The maximum atomic E-state index is 6.23. The maximum Gasteiger partial charge on any atom is 0.116 e. The molecule has 0 aliphatic rings. The Morgan fingerprint density at radius 1 is 1.20 bits per heavy atom. The third kappa shape index (κ3) is 2.65. The standard InChI is InChI=1S/C16H15ClN2S/c1-10-7-8-12(17)14(9-10)18-11(2)16-19-13-5-3-4-6-15(13)20-16/h3-9,11,18H,1-2H3. The fourth-order valence-electron chi connectivity index (χ4n) is 2.12. The first-order valence-corrected chi connectivity index (χ1v) is 7.71. The number of halogens is 1. The molecule has 3 aromatic rings. The number of hydrogen-bond donors (Lipinski definition) is 1. The first-order valence-electron chi connectivity index (χ1n) is 6.51. The first kappa shape index (κ1) is 13.4. The maximum absolute atomic E-state index is 6.23. The van der Waals surface area contributed by atoms with Crippen LogP contribution < -0.4 is 5.32 Å². The highest BCUT2D eigenvalue weighted by molar-refractivity contribution is 7.18. The van der Waals surface area contributed by atoms with Crippen LogP contribution in [0.25, 0.3) is 10.2 Å². The summed E-state index contributed by atoms with van der Waals surface area (Å²) in [4.78, 5) is 4.67. The average molecular weight is 303 g/mol. The van der Waals surface area contributed by atoms with Crippen molar-refractivity contribution in [3.8, 4) is 0 Å². The zero-order valence-corrected chi connectivity index (χ0v) is 12.9. The van der Waals surface area contributed by atoms with E-state index in [2.05, 4.69) is 36.3 Å². The van der Waals surface area contributed by atoms with Crippen LogP contribution in [0.15, 0.2) is 42.5 Å². The molecule has 0 aliphatic carbocycles. The van der Waals surface area contributed by atoms with Gasteiger partial charge in [-0.2, -0.15) is 0 Å². The summed E-state index contributed by atoms with van der Waals surface area (Å²) < 4.78 is 1.21. The summed E-state index contributed by atoms with van der Waals surface area (Å²) in [5.74, 6) is 0. The Morgan fingerprint density at radius 3 is 2.80 bits per heavy atom. The zero-order chi connectivity index (χ0) is 14.1. The first-order chi connectivity index (χ1) is 9.63. The molecule has 0 aliphatic heterocycles. The molecule has 0 saturated heterocycles. The normalized spacial score (nSPS) is 12.6. The molecule has 20 heavy (non-hydrogen) atoms. The van der Waals surface area contributed by atoms with Crippen LogP contribution in [0.5, 0.6) is 0 Å². The summed E-state index contributed by atoms with van der Waals surface area (Å²) in [7, 11) is 0. The Balaban J connectivity index is 1.88. The van der Waals surface area contributed by atoms with E-state index < -0.39 is 0 Å². The van der Waals surface area contributed by atoms with Crippen LogP contribution in [-0.2, 0) is 0 Å². The number of anilines is 1. The molecule has 1 heterocycles. The summed E-state index contributed by atoms with van der Waals surface area (Å²) in [6.45, 7) is 4.17. The molecule has 0 saturated carbocycles. The van der Waals surface area contributed by atoms with Gasteiger partial charge in [-0.1, -0.05) is 29.8 Å². The second-order valence-corrected chi connectivity index (χ2v) is 6.34. The van der Waals surface area contributed by atoms with Gasteiger partial charge in [-0.15, -0.1) is 11.3 Å². The molecule has 0 bridgehead atoms. The number of benzene rings is 2. The van der Waals surface area contributed by atoms with E-state index in [0.29, 0.717) is 0 Å². The van der Waals surface area contributed by atoms with Crippen molar-refractivity contribution in [1.82, 2.24) is 4.98 Å². The predicted octanol–water partition coefficient (Wildman–Crippen LogP) is 5.43. The van der Waals surface area contributed by atoms with Gasteiger partial charge in [0.2, 0.25) is 0 Å². The second-order valence-electron chi connectivity index (χ2n) is 4.87. The van der Waals surface area contributed by atoms with Crippen molar-refractivity contribution in [2.75, 3.05) is 5.32 Å². The van der Waals surface area contributed by atoms with Crippen molar-refractivity contribution in [3.05, 3.63) is 58.1 Å². The molecule has 1 unspecified atom stereocenters. The van der Waals surface area contributed by atoms with E-state index in [0.717, 1.165) is 21.2 Å². The van der Waals surface area contributed by atoms with Gasteiger partial charge in [-0.05, 0) is 43.7 Å². The predicted molar refractivity (Wildman–Crippen MR) is 87.8 cm³/mol. The molecule has 1 aromatic heterocycles. The highest BCUT2D eigenvalue weighted by Crippen LogP contribution is 2.31. The van der Waals surface area contributed by atoms with Crippen molar-refractivity contribution >= 4 is 38.8 Å². The Bertz CT molecular complexity index is 718. The van der Waals surface area contributed by atoms with E-state index in [4.69, 9.17) is 11.6 Å². The van der Waals surface area contributed by atoms with E-state index >= 15 is 0 Å². The Hall–Kier alpha value is -1.58. The third-order valence-electron chi connectivity index (χ3n) is 3.17. The van der Waals surface area contributed by atoms with Gasteiger partial charge in [0.25, 0.3) is 0 Å². The second kappa shape index (κ2) is 5.43. The molecule has 3 rings (SSSR count). The summed E-state index contributed by atoms with van der Waals surface area (Å²) in [5, 5.41) is 5.26. The number of thiazole rings is 1. The van der Waals surface area contributed by atoms with E-state index in [-0.39, 0.29) is 6.04 Å². The minimum atomic E-state index is 0.131. The molecule has 2 nitrogen and oxygen atoms in total. The van der Waals surface area contributed by atoms with Crippen molar-refractivity contribution in [1.29, 1.82) is 0 Å². The lowest BCUT2D eigenvalue weighted by Gasteiger charge is -2.14. The molecule has 1 N–H and O–H groups in total. The lowest BCUT2D eigenvalue weighted by molar-refractivity contribution is 0.874. The average Bonchev–Trinajstić information content (AvgIpc) is 2.87. The Kier molecular flexibility index (Phi) is 3.64. The van der Waals surface area contributed by atoms with E-state index in [9.17, 15) is 0 Å². The molecule has 0 spiro atoms. The molecule has 4 heteroatoms. The zero-order valence-electron chi connectivity index (χ0n) is 11.4. The Labute approximate surface area is 127 Å². The van der Waals surface area contributed by atoms with Gasteiger partial charge >= 0.3 is 0 Å². The number of hydrogen-bond acceptors (Lipinski definition) is 3. The van der Waals surface area contributed by atoms with E-state index in [1.807, 2.05) is 30.3 Å². The lowest BCUT2D eigenvalue weighted by atomic mass is 10.2. The van der Waals surface area contributed by atoms with Gasteiger partial charge in [-0.25, -0.2) is 4.98 Å². The molecule has 1 atom stereocenters. The van der Waals surface area contributed by atoms with Crippen LogP contribution in [0, 0.1) is 6.92 Å². The van der Waals surface area contributed by atoms with Crippen LogP contribution in [0.4, 0.5) is 5.69 Å². The minimum absolute atomic E-state index is 0.131. The number of nitrogens with zero attached hydrogens (tertiary/aromatic N) is 1. The van der Waals surface area contributed by atoms with Crippen LogP contribution in [0.3, 0.4) is 0 Å². The summed E-state index contributed by atoms with van der Waals surface area (Å²) in [5.41, 5.74) is 3.20. The van der Waals surface area contributed by atoms with Gasteiger partial charge in [0.05, 0.1) is 27.0 Å². The monoisotopic (exact) mass is 302 g/mol. The van der Waals surface area contributed by atoms with Crippen molar-refractivity contribution in [2.24, 2.45) is 0 Å². The fraction of sp³-hybridized carbons (Fsp3) is 0.188. The fourth-order valence-corrected chi connectivity index (χ4v) is 3.26. The van der Waals surface area contributed by atoms with Gasteiger partial charge in [-0.3, -0.25) is 0 Å². The van der Waals surface area contributed by atoms with Crippen molar-refractivity contribution in [3.63, 3.8) is 0 Å². The smallest absolute Gasteiger partial charge is 0.116 e. The quantitative estimate of drug-likeness (QED) is 0.697. The number of nitrogens with one attached hydrogen (secondary N) is 1. The van der Waals surface area contributed by atoms with Crippen LogP contribution in [0.2, 0.25) is 5.02 Å². The Morgan fingerprint density at radius 2 is 2.00 bits per heavy atom. The molecule has 0 fully saturated rings. The summed E-state index contributed by atoms with van der Waals surface area (Å²) in [6, 6.07) is 14.3. The number of aryl methyl sites for hydroxylation is 1. The summed E-state index contributed by atoms with van der Waals surface area (Å²) >= 11 is 7.94. The third-order valence-corrected chi connectivity index (χ3v) is 4.72. The van der Waals surface area contributed by atoms with Gasteiger partial charge in [0.1, 0.15) is 5.01 Å². The SMILES string of the molecule is Cc1ccc(Cl)c(NC(C)c2nc3ccccc3s2)c1. The largest absolute Gasteiger partial charge is 0.375 e. The molecule has 2 aromatic carbocycles. The number of rotatable bonds is 3. The minimum Gasteiger partial charge on any atom is -0.375 e. The van der Waals surface area contributed by atoms with Crippen LogP contribution in [0.1, 0.15) is 23.5 Å². The summed E-state index contributed by atoms with van der Waals surface area (Å²) in [6.07, 6.45) is 0. The lowest BCUT2D eigenvalue weighted by Crippen LogP contribution is -2.06. The van der Waals surface area contributed by atoms with Crippen LogP contribution >= 0.6 is 22.9 Å². The molecular formula is C16H15ClN2S. The molecular weight excluding hydrogens is 288 g/mol. The van der Waals surface area contributed by atoms with E-state index in [1.54, 1.807) is 11.3 Å².